The molecule has 12 heteroatoms. The highest BCUT2D eigenvalue weighted by Gasteiger charge is 2.32. The summed E-state index contributed by atoms with van der Waals surface area (Å²) in [5.74, 6) is -5.95. The molecule has 0 spiro atoms. The maximum atomic E-state index is 6.30. The van der Waals surface area contributed by atoms with Gasteiger partial charge in [-0.1, -0.05) is 18.2 Å². The molecule has 1 aliphatic rings. The van der Waals surface area contributed by atoms with Gasteiger partial charge in [0.05, 0.1) is 0 Å². The fourth-order valence-corrected chi connectivity index (χ4v) is 18.3. The number of anilines is 1. The summed E-state index contributed by atoms with van der Waals surface area (Å²) in [7, 11) is 0. The van der Waals surface area contributed by atoms with E-state index in [1.807, 2.05) is 30.3 Å². The Kier molecular flexibility index (Phi) is 4.76. The van der Waals surface area contributed by atoms with Gasteiger partial charge in [0, 0.05) is 5.69 Å². The van der Waals surface area contributed by atoms with Crippen LogP contribution < -0.4 is 5.09 Å². The van der Waals surface area contributed by atoms with Gasteiger partial charge < -0.3 is 5.09 Å². The van der Waals surface area contributed by atoms with Crippen LogP contribution in [0.4, 0.5) is 5.69 Å². The first-order valence-electron chi connectivity index (χ1n) is 4.43. The highest BCUT2D eigenvalue weighted by Crippen LogP contribution is 2.86. The Morgan fingerprint density at radius 3 is 1.89 bits per heavy atom. The van der Waals surface area contributed by atoms with E-state index in [0.29, 0.717) is 0 Å². The zero-order valence-electron chi connectivity index (χ0n) is 8.46. The van der Waals surface area contributed by atoms with E-state index in [1.54, 1.807) is 0 Å². The fourth-order valence-electron chi connectivity index (χ4n) is 1.19. The van der Waals surface area contributed by atoms with Crippen molar-refractivity contribution in [2.75, 3.05) is 5.09 Å². The molecule has 0 aliphatic carbocycles. The number of para-hydroxylation sites is 1. The molecule has 18 heavy (non-hydrogen) atoms. The molecule has 0 radical (unpaired) electrons. The molecular weight excluding hydrogens is 398 g/mol. The van der Waals surface area contributed by atoms with Crippen molar-refractivity contribution in [3.63, 3.8) is 0 Å². The van der Waals surface area contributed by atoms with E-state index >= 15 is 0 Å². The lowest BCUT2D eigenvalue weighted by molar-refractivity contribution is 1.64. The first-order chi connectivity index (χ1) is 8.20. The van der Waals surface area contributed by atoms with Crippen molar-refractivity contribution in [3.05, 3.63) is 30.3 Å². The summed E-state index contributed by atoms with van der Waals surface area (Å²) >= 11 is 30.1. The lowest BCUT2D eigenvalue weighted by Crippen LogP contribution is -1.89. The highest BCUT2D eigenvalue weighted by molar-refractivity contribution is 8.22. The number of nitrogens with one attached hydrogen (secondary N) is 1. The molecule has 1 aromatic carbocycles. The first-order valence-corrected chi connectivity index (χ1v) is 14.0. The summed E-state index contributed by atoms with van der Waals surface area (Å²) in [6, 6.07) is 9.18. The van der Waals surface area contributed by atoms with Gasteiger partial charge in [0.15, 0.2) is 0 Å². The molecule has 0 fully saturated rings. The maximum Gasteiger partial charge on any atom is 0.261 e. The first kappa shape index (κ1) is 15.5. The Morgan fingerprint density at radius 2 is 1.33 bits per heavy atom. The van der Waals surface area contributed by atoms with Crippen molar-refractivity contribution < 1.29 is 0 Å². The molecular formula is C6H6Cl5N4P3. The third kappa shape index (κ3) is 4.33. The summed E-state index contributed by atoms with van der Waals surface area (Å²) in [5, 5.41) is 2.97. The van der Waals surface area contributed by atoms with Crippen LogP contribution in [-0.4, -0.2) is 0 Å². The molecule has 0 aromatic heterocycles. The van der Waals surface area contributed by atoms with Gasteiger partial charge in [0.2, 0.25) is 0 Å². The molecule has 100 valence electrons. The molecule has 0 bridgehead atoms. The second-order valence-electron chi connectivity index (χ2n) is 3.18. The number of hydrogen-bond donors (Lipinski definition) is 1. The van der Waals surface area contributed by atoms with Gasteiger partial charge in [0.1, 0.15) is 0 Å². The summed E-state index contributed by atoms with van der Waals surface area (Å²) in [5.41, 5.74) is 0.733. The van der Waals surface area contributed by atoms with Crippen molar-refractivity contribution >= 4 is 80.4 Å². The SMILES string of the molecule is ClP1(Cl)=NP(Cl)(Cl)=NP(Cl)(Nc2ccccc2)=N1. The van der Waals surface area contributed by atoms with E-state index < -0.39 is 18.5 Å². The van der Waals surface area contributed by atoms with Crippen molar-refractivity contribution in [1.82, 2.24) is 0 Å². The van der Waals surface area contributed by atoms with Gasteiger partial charge in [-0.15, -0.1) is 0 Å². The van der Waals surface area contributed by atoms with Crippen LogP contribution in [0.25, 0.3) is 0 Å². The minimum absolute atomic E-state index is 0.733. The second kappa shape index (κ2) is 5.51. The minimum Gasteiger partial charge on any atom is -0.323 e. The zero-order valence-corrected chi connectivity index (χ0v) is 14.9. The van der Waals surface area contributed by atoms with Crippen LogP contribution in [0.3, 0.4) is 0 Å². The van der Waals surface area contributed by atoms with Gasteiger partial charge in [-0.05, 0) is 68.3 Å². The zero-order chi connectivity index (χ0) is 13.4. The average molecular weight is 404 g/mol. The Labute approximate surface area is 129 Å². The average Bonchev–Trinajstić information content (AvgIpc) is 2.11. The lowest BCUT2D eigenvalue weighted by atomic mass is 10.3. The van der Waals surface area contributed by atoms with Crippen LogP contribution in [0, 0.1) is 0 Å². The normalized spacial score (nSPS) is 28.5. The Balaban J connectivity index is 2.47. The molecule has 0 saturated heterocycles. The third-order valence-corrected chi connectivity index (χ3v) is 13.9. The van der Waals surface area contributed by atoms with Crippen molar-refractivity contribution in [2.45, 2.75) is 0 Å². The van der Waals surface area contributed by atoms with Gasteiger partial charge in [-0.25, -0.2) is 0 Å². The molecule has 0 amide bonds. The molecule has 1 atom stereocenters. The highest BCUT2D eigenvalue weighted by atomic mass is 35.9. The second-order valence-corrected chi connectivity index (χ2v) is 16.5. The third-order valence-electron chi connectivity index (χ3n) is 1.71. The summed E-state index contributed by atoms with van der Waals surface area (Å²) in [6.45, 7) is -2.88. The largest absolute Gasteiger partial charge is 0.323 e. The molecule has 1 heterocycles. The Hall–Kier alpha value is 1.16. The fraction of sp³-hybridized carbons (Fsp3) is 0. The number of benzene rings is 1. The Morgan fingerprint density at radius 1 is 0.778 bits per heavy atom. The minimum atomic E-state index is -2.98. The molecule has 1 aliphatic heterocycles. The van der Waals surface area contributed by atoms with Crippen molar-refractivity contribution in [1.29, 1.82) is 0 Å². The number of rotatable bonds is 2. The van der Waals surface area contributed by atoms with Crippen LogP contribution >= 0.6 is 74.7 Å². The number of hydrogen-bond acceptors (Lipinski definition) is 4. The monoisotopic (exact) mass is 402 g/mol. The molecule has 2 rings (SSSR count). The van der Waals surface area contributed by atoms with Gasteiger partial charge in [-0.2, -0.15) is 13.5 Å². The molecule has 1 N–H and O–H groups in total. The molecule has 0 saturated carbocycles. The van der Waals surface area contributed by atoms with Crippen LogP contribution in [-0.2, 0) is 0 Å². The standard InChI is InChI=1S/C6H6Cl5N4P3/c7-16(8)13-17(9,10)15-18(11,14-16)12-6-4-2-1-3-5-6/h1-5,12H. The maximum absolute atomic E-state index is 6.30. The summed E-state index contributed by atoms with van der Waals surface area (Å²) in [4.78, 5) is 0. The van der Waals surface area contributed by atoms with E-state index in [-0.39, 0.29) is 0 Å². The van der Waals surface area contributed by atoms with Gasteiger partial charge in [0.25, 0.3) is 18.5 Å². The van der Waals surface area contributed by atoms with Crippen molar-refractivity contribution in [2.24, 2.45) is 13.5 Å². The van der Waals surface area contributed by atoms with E-state index in [4.69, 9.17) is 56.2 Å². The summed E-state index contributed by atoms with van der Waals surface area (Å²) < 4.78 is 12.0. The smallest absolute Gasteiger partial charge is 0.261 e. The van der Waals surface area contributed by atoms with E-state index in [2.05, 4.69) is 18.6 Å². The summed E-state index contributed by atoms with van der Waals surface area (Å²) in [6.07, 6.45) is 0. The van der Waals surface area contributed by atoms with Crippen LogP contribution in [0.5, 0.6) is 0 Å². The van der Waals surface area contributed by atoms with E-state index in [1.165, 1.54) is 0 Å². The molecule has 4 nitrogen and oxygen atoms in total. The quantitative estimate of drug-likeness (QED) is 0.497. The number of nitrogens with zero attached hydrogens (tertiary/aromatic N) is 3. The Bertz CT molecular complexity index is 610. The van der Waals surface area contributed by atoms with Crippen molar-refractivity contribution in [3.8, 4) is 0 Å². The van der Waals surface area contributed by atoms with Gasteiger partial charge in [-0.3, -0.25) is 0 Å². The van der Waals surface area contributed by atoms with Crippen LogP contribution in [0.15, 0.2) is 43.9 Å². The van der Waals surface area contributed by atoms with Gasteiger partial charge >= 0.3 is 0 Å². The van der Waals surface area contributed by atoms with E-state index in [9.17, 15) is 0 Å². The van der Waals surface area contributed by atoms with Crippen LogP contribution in [0.1, 0.15) is 0 Å². The van der Waals surface area contributed by atoms with E-state index in [0.717, 1.165) is 5.69 Å². The topological polar surface area (TPSA) is 49.1 Å². The van der Waals surface area contributed by atoms with Crippen LogP contribution in [0.2, 0.25) is 0 Å². The lowest BCUT2D eigenvalue weighted by Gasteiger charge is -2.22. The molecule has 1 aromatic rings. The predicted octanol–water partition coefficient (Wildman–Crippen LogP) is 8.14. The number of halogens is 5. The molecule has 1 unspecified atom stereocenters. The predicted molar refractivity (Wildman–Crippen MR) is 87.4 cm³/mol.